The van der Waals surface area contributed by atoms with Gasteiger partial charge in [0.1, 0.15) is 12.1 Å². The van der Waals surface area contributed by atoms with Crippen LogP contribution in [-0.2, 0) is 0 Å². The van der Waals surface area contributed by atoms with E-state index in [1.54, 1.807) is 0 Å². The number of fused-ring (bicyclic) bond motifs is 1. The third-order valence-corrected chi connectivity index (χ3v) is 3.26. The summed E-state index contributed by atoms with van der Waals surface area (Å²) in [4.78, 5) is 24.0. The van der Waals surface area contributed by atoms with Crippen LogP contribution in [0.1, 0.15) is 16.1 Å². The van der Waals surface area contributed by atoms with E-state index >= 15 is 0 Å². The Kier molecular flexibility index (Phi) is 2.83. The monoisotopic (exact) mass is 288 g/mol. The van der Waals surface area contributed by atoms with E-state index in [4.69, 9.17) is 0 Å². The summed E-state index contributed by atoms with van der Waals surface area (Å²) in [6.07, 6.45) is 1.24. The lowest BCUT2D eigenvalue weighted by Gasteiger charge is -2.12. The second kappa shape index (κ2) is 4.55. The van der Waals surface area contributed by atoms with Crippen molar-refractivity contribution in [2.45, 2.75) is 6.92 Å². The molecule has 0 radical (unpaired) electrons. The number of pyridine rings is 1. The molecular formula is C14H9FN2O4. The van der Waals surface area contributed by atoms with E-state index in [2.05, 4.69) is 9.68 Å². The van der Waals surface area contributed by atoms with Crippen molar-refractivity contribution >= 4 is 16.7 Å². The summed E-state index contributed by atoms with van der Waals surface area (Å²) in [5.41, 5.74) is -0.675. The number of benzene rings is 1. The predicted octanol–water partition coefficient (Wildman–Crippen LogP) is 2.12. The fourth-order valence-electron chi connectivity index (χ4n) is 2.39. The minimum Gasteiger partial charge on any atom is -0.478 e. The van der Waals surface area contributed by atoms with Crippen LogP contribution in [0.4, 0.5) is 4.39 Å². The fourth-order valence-corrected chi connectivity index (χ4v) is 2.39. The third-order valence-electron chi connectivity index (χ3n) is 3.26. The Balaban J connectivity index is 2.59. The summed E-state index contributed by atoms with van der Waals surface area (Å²) in [5.74, 6) is -1.93. The highest BCUT2D eigenvalue weighted by atomic mass is 19.1. The maximum atomic E-state index is 14.0. The second-order valence-corrected chi connectivity index (χ2v) is 4.43. The molecule has 21 heavy (non-hydrogen) atoms. The third kappa shape index (κ3) is 1.82. The topological polar surface area (TPSA) is 85.3 Å². The molecule has 3 aromatic rings. The van der Waals surface area contributed by atoms with Gasteiger partial charge in [-0.3, -0.25) is 9.36 Å². The average molecular weight is 288 g/mol. The van der Waals surface area contributed by atoms with Gasteiger partial charge in [-0.15, -0.1) is 0 Å². The molecule has 0 aliphatic rings. The van der Waals surface area contributed by atoms with Crippen molar-refractivity contribution in [2.24, 2.45) is 0 Å². The zero-order valence-corrected chi connectivity index (χ0v) is 10.8. The first-order valence-corrected chi connectivity index (χ1v) is 6.00. The summed E-state index contributed by atoms with van der Waals surface area (Å²) in [7, 11) is 0. The summed E-state index contributed by atoms with van der Waals surface area (Å²) in [6, 6.07) is 5.28. The number of nitrogens with zero attached hydrogens (tertiary/aromatic N) is 2. The van der Waals surface area contributed by atoms with Crippen LogP contribution in [0.3, 0.4) is 0 Å². The first kappa shape index (κ1) is 13.0. The molecule has 6 nitrogen and oxygen atoms in total. The van der Waals surface area contributed by atoms with E-state index < -0.39 is 17.3 Å². The molecule has 3 rings (SSSR count). The van der Waals surface area contributed by atoms with Gasteiger partial charge in [-0.1, -0.05) is 17.3 Å². The Morgan fingerprint density at radius 2 is 2.14 bits per heavy atom. The molecule has 2 heterocycles. The minimum atomic E-state index is -1.25. The Hall–Kier alpha value is -2.96. The van der Waals surface area contributed by atoms with Crippen LogP contribution in [-0.4, -0.2) is 20.8 Å². The number of aromatic carboxylic acids is 1. The molecule has 0 bridgehead atoms. The van der Waals surface area contributed by atoms with Crippen molar-refractivity contribution in [1.82, 2.24) is 9.72 Å². The number of carboxylic acids is 1. The number of aromatic nitrogens is 2. The Bertz CT molecular complexity index is 913. The largest absolute Gasteiger partial charge is 0.478 e. The highest BCUT2D eigenvalue weighted by molar-refractivity contribution is 6.04. The molecule has 0 saturated heterocycles. The molecule has 7 heteroatoms. The Labute approximate surface area is 117 Å². The quantitative estimate of drug-likeness (QED) is 0.780. The number of carboxylic acid groups (broad SMARTS) is 1. The van der Waals surface area contributed by atoms with Crippen LogP contribution in [0.15, 0.2) is 39.8 Å². The van der Waals surface area contributed by atoms with Gasteiger partial charge < -0.3 is 9.63 Å². The second-order valence-electron chi connectivity index (χ2n) is 4.43. The van der Waals surface area contributed by atoms with E-state index in [0.29, 0.717) is 0 Å². The highest BCUT2D eigenvalue weighted by Crippen LogP contribution is 2.23. The Morgan fingerprint density at radius 3 is 2.76 bits per heavy atom. The van der Waals surface area contributed by atoms with Gasteiger partial charge in [-0.25, -0.2) is 9.18 Å². The van der Waals surface area contributed by atoms with Crippen molar-refractivity contribution in [3.05, 3.63) is 58.0 Å². The molecule has 0 fully saturated rings. The molecule has 0 spiro atoms. The molecule has 0 aliphatic carbocycles. The first-order chi connectivity index (χ1) is 10.0. The van der Waals surface area contributed by atoms with Crippen molar-refractivity contribution in [3.63, 3.8) is 0 Å². The molecule has 1 N–H and O–H groups in total. The standard InChI is InChI=1S/C14H9FN2O4/c1-7-11(14(19)20)8-3-2-4-9(15)12(8)13(18)17(7)10-5-6-21-16-10/h2-6H,1H3,(H,19,20). The molecule has 106 valence electrons. The SMILES string of the molecule is Cc1c(C(=O)O)c2cccc(F)c2c(=O)n1-c1ccon1. The smallest absolute Gasteiger partial charge is 0.338 e. The lowest BCUT2D eigenvalue weighted by Crippen LogP contribution is -2.25. The van der Waals surface area contributed by atoms with Gasteiger partial charge in [-0.05, 0) is 13.0 Å². The van der Waals surface area contributed by atoms with Gasteiger partial charge >= 0.3 is 5.97 Å². The number of hydrogen-bond acceptors (Lipinski definition) is 4. The van der Waals surface area contributed by atoms with Crippen LogP contribution >= 0.6 is 0 Å². The van der Waals surface area contributed by atoms with Crippen molar-refractivity contribution < 1.29 is 18.8 Å². The van der Waals surface area contributed by atoms with Crippen LogP contribution in [0.25, 0.3) is 16.6 Å². The molecule has 1 aromatic carbocycles. The summed E-state index contributed by atoms with van der Waals surface area (Å²) >= 11 is 0. The van der Waals surface area contributed by atoms with Gasteiger partial charge in [0.15, 0.2) is 5.82 Å². The highest BCUT2D eigenvalue weighted by Gasteiger charge is 2.22. The normalized spacial score (nSPS) is 11.0. The van der Waals surface area contributed by atoms with Crippen LogP contribution in [0.5, 0.6) is 0 Å². The van der Waals surface area contributed by atoms with Gasteiger partial charge in [0, 0.05) is 17.1 Å². The van der Waals surface area contributed by atoms with E-state index in [1.807, 2.05) is 0 Å². The first-order valence-electron chi connectivity index (χ1n) is 6.00. The van der Waals surface area contributed by atoms with Gasteiger partial charge in [0.2, 0.25) is 0 Å². The maximum absolute atomic E-state index is 14.0. The lowest BCUT2D eigenvalue weighted by atomic mass is 10.0. The van der Waals surface area contributed by atoms with E-state index in [-0.39, 0.29) is 27.8 Å². The maximum Gasteiger partial charge on any atom is 0.338 e. The van der Waals surface area contributed by atoms with Gasteiger partial charge in [-0.2, -0.15) is 0 Å². The van der Waals surface area contributed by atoms with E-state index in [9.17, 15) is 19.1 Å². The van der Waals surface area contributed by atoms with Gasteiger partial charge in [0.25, 0.3) is 5.56 Å². The minimum absolute atomic E-state index is 0.0599. The summed E-state index contributed by atoms with van der Waals surface area (Å²) in [5, 5.41) is 12.8. The average Bonchev–Trinajstić information content (AvgIpc) is 2.92. The number of hydrogen-bond donors (Lipinski definition) is 1. The molecule has 0 atom stereocenters. The van der Waals surface area contributed by atoms with E-state index in [1.165, 1.54) is 31.4 Å². The van der Waals surface area contributed by atoms with Crippen LogP contribution in [0.2, 0.25) is 0 Å². The van der Waals surface area contributed by atoms with Gasteiger partial charge in [0.05, 0.1) is 10.9 Å². The van der Waals surface area contributed by atoms with Crippen LogP contribution < -0.4 is 5.56 Å². The molecule has 2 aromatic heterocycles. The number of carbonyl (C=O) groups is 1. The zero-order valence-electron chi connectivity index (χ0n) is 10.8. The number of halogens is 1. The predicted molar refractivity (Wildman–Crippen MR) is 71.3 cm³/mol. The van der Waals surface area contributed by atoms with Crippen molar-refractivity contribution in [3.8, 4) is 5.82 Å². The molecule has 0 unspecified atom stereocenters. The summed E-state index contributed by atoms with van der Waals surface area (Å²) < 4.78 is 19.7. The van der Waals surface area contributed by atoms with Crippen LogP contribution in [0, 0.1) is 12.7 Å². The number of rotatable bonds is 2. The Morgan fingerprint density at radius 1 is 1.38 bits per heavy atom. The molecule has 0 aliphatic heterocycles. The zero-order chi connectivity index (χ0) is 15.1. The van der Waals surface area contributed by atoms with E-state index in [0.717, 1.165) is 10.6 Å². The lowest BCUT2D eigenvalue weighted by molar-refractivity contribution is 0.0697. The van der Waals surface area contributed by atoms with Crippen molar-refractivity contribution in [2.75, 3.05) is 0 Å². The molecular weight excluding hydrogens is 279 g/mol. The molecule has 0 saturated carbocycles. The fraction of sp³-hybridized carbons (Fsp3) is 0.0714. The van der Waals surface area contributed by atoms with Crippen molar-refractivity contribution in [1.29, 1.82) is 0 Å². The summed E-state index contributed by atoms with van der Waals surface area (Å²) in [6.45, 7) is 1.46. The molecule has 0 amide bonds.